The van der Waals surface area contributed by atoms with Crippen LogP contribution in [0.5, 0.6) is 0 Å². The van der Waals surface area contributed by atoms with Gasteiger partial charge in [-0.2, -0.15) is 0 Å². The van der Waals surface area contributed by atoms with Crippen LogP contribution in [0.15, 0.2) is 59.8 Å². The van der Waals surface area contributed by atoms with Crippen molar-refractivity contribution in [2.24, 2.45) is 24.1 Å². The third-order valence-electron chi connectivity index (χ3n) is 7.59. The maximum absolute atomic E-state index is 14.2. The summed E-state index contributed by atoms with van der Waals surface area (Å²) in [6.45, 7) is 7.50. The highest BCUT2D eigenvalue weighted by Gasteiger charge is 2.48. The van der Waals surface area contributed by atoms with E-state index in [0.29, 0.717) is 30.8 Å². The van der Waals surface area contributed by atoms with Gasteiger partial charge in [-0.1, -0.05) is 31.6 Å². The number of amides is 2. The van der Waals surface area contributed by atoms with Crippen LogP contribution in [-0.2, 0) is 29.6 Å². The van der Waals surface area contributed by atoms with E-state index < -0.39 is 35.0 Å². The van der Waals surface area contributed by atoms with Crippen molar-refractivity contribution in [3.05, 3.63) is 82.7 Å². The van der Waals surface area contributed by atoms with Crippen LogP contribution in [0.4, 0.5) is 8.78 Å². The van der Waals surface area contributed by atoms with Gasteiger partial charge in [-0.25, -0.2) is 8.78 Å². The molecule has 1 aromatic heterocycles. The second-order valence-corrected chi connectivity index (χ2v) is 10.8. The highest BCUT2D eigenvalue weighted by Crippen LogP contribution is 2.44. The maximum atomic E-state index is 14.2. The summed E-state index contributed by atoms with van der Waals surface area (Å²) in [7, 11) is 1.91. The number of aliphatic hydroxyl groups excluding tert-OH is 1. The van der Waals surface area contributed by atoms with E-state index in [9.17, 15) is 23.5 Å². The molecule has 218 valence electrons. The summed E-state index contributed by atoms with van der Waals surface area (Å²) in [4.78, 5) is 28.7. The van der Waals surface area contributed by atoms with Crippen molar-refractivity contribution >= 4 is 11.8 Å². The van der Waals surface area contributed by atoms with Gasteiger partial charge in [0.1, 0.15) is 11.6 Å². The van der Waals surface area contributed by atoms with E-state index in [4.69, 9.17) is 5.73 Å². The number of primary amides is 1. The lowest BCUT2D eigenvalue weighted by Gasteiger charge is -2.42. The van der Waals surface area contributed by atoms with E-state index in [1.165, 1.54) is 12.1 Å². The number of aryl methyl sites for hydroxylation is 1. The molecule has 2 aromatic rings. The fourth-order valence-electron chi connectivity index (χ4n) is 5.73. The molecular weight excluding hydrogens is 514 g/mol. The molecule has 1 unspecified atom stereocenters. The van der Waals surface area contributed by atoms with Crippen LogP contribution in [-0.4, -0.2) is 52.1 Å². The molecule has 40 heavy (non-hydrogen) atoms. The molecule has 0 aliphatic heterocycles. The van der Waals surface area contributed by atoms with Gasteiger partial charge in [-0.15, -0.1) is 0 Å². The molecular formula is C31H42F2N4O3. The number of carbonyl (C=O) groups is 2. The van der Waals surface area contributed by atoms with Crippen molar-refractivity contribution in [1.29, 1.82) is 0 Å². The number of hydrogen-bond acceptors (Lipinski definition) is 4. The van der Waals surface area contributed by atoms with Crippen LogP contribution in [0.1, 0.15) is 51.3 Å². The number of nitrogens with two attached hydrogens (primary N) is 1. The summed E-state index contributed by atoms with van der Waals surface area (Å²) < 4.78 is 30.3. The third kappa shape index (κ3) is 7.46. The standard InChI is InChI=1S/C31H42F2N4O3/c1-5-9-37(10-6-2)29(39)23-12-21(3)17-31(18-23,30(34)40)27(15-22-13-24(32)16-25(33)14-22)28(38)20-35-19-26-8-7-11-36(26)4/h7-8,11-14,16-17,27-28,35,38H,5-6,9-10,15,18-20H2,1-4H3,(H2,34,40)/t27-,28+,31?/m1/s1. The summed E-state index contributed by atoms with van der Waals surface area (Å²) >= 11 is 0. The average molecular weight is 557 g/mol. The number of hydrogen-bond donors (Lipinski definition) is 3. The minimum absolute atomic E-state index is 0.0141. The number of rotatable bonds is 14. The second-order valence-electron chi connectivity index (χ2n) is 10.8. The predicted octanol–water partition coefficient (Wildman–Crippen LogP) is 4.01. The Hall–Kier alpha value is -3.30. The van der Waals surface area contributed by atoms with Gasteiger partial charge >= 0.3 is 0 Å². The van der Waals surface area contributed by atoms with Gasteiger partial charge in [0, 0.05) is 62.7 Å². The highest BCUT2D eigenvalue weighted by atomic mass is 19.1. The van der Waals surface area contributed by atoms with Crippen molar-refractivity contribution in [3.63, 3.8) is 0 Å². The van der Waals surface area contributed by atoms with E-state index in [0.717, 1.165) is 24.6 Å². The van der Waals surface area contributed by atoms with Crippen molar-refractivity contribution in [3.8, 4) is 0 Å². The molecule has 0 fully saturated rings. The van der Waals surface area contributed by atoms with Gasteiger partial charge in [0.15, 0.2) is 0 Å². The lowest BCUT2D eigenvalue weighted by atomic mass is 9.63. The first-order chi connectivity index (χ1) is 19.0. The molecule has 2 amide bonds. The van der Waals surface area contributed by atoms with Crippen molar-refractivity contribution in [2.75, 3.05) is 19.6 Å². The normalized spacial score (nSPS) is 18.6. The fourth-order valence-corrected chi connectivity index (χ4v) is 5.73. The summed E-state index contributed by atoms with van der Waals surface area (Å²) in [5, 5.41) is 14.8. The predicted molar refractivity (Wildman–Crippen MR) is 152 cm³/mol. The lowest BCUT2D eigenvalue weighted by Crippen LogP contribution is -2.51. The molecule has 0 saturated carbocycles. The van der Waals surface area contributed by atoms with E-state index >= 15 is 0 Å². The summed E-state index contributed by atoms with van der Waals surface area (Å²) in [5.74, 6) is -3.25. The summed E-state index contributed by atoms with van der Waals surface area (Å²) in [6.07, 6.45) is 5.79. The van der Waals surface area contributed by atoms with E-state index in [2.05, 4.69) is 5.32 Å². The molecule has 0 saturated heterocycles. The summed E-state index contributed by atoms with van der Waals surface area (Å²) in [6, 6.07) is 7.03. The number of aromatic nitrogens is 1. The molecule has 1 aromatic carbocycles. The van der Waals surface area contributed by atoms with Crippen LogP contribution in [0.3, 0.4) is 0 Å². The Morgan fingerprint density at radius 3 is 2.38 bits per heavy atom. The van der Waals surface area contributed by atoms with Gasteiger partial charge in [-0.3, -0.25) is 9.59 Å². The quantitative estimate of drug-likeness (QED) is 0.327. The van der Waals surface area contributed by atoms with Crippen LogP contribution in [0.25, 0.3) is 0 Å². The minimum atomic E-state index is -1.46. The van der Waals surface area contributed by atoms with E-state index in [1.807, 2.05) is 43.8 Å². The number of aliphatic hydroxyl groups is 1. The number of nitrogens with one attached hydrogen (secondary N) is 1. The Kier molecular flexibility index (Phi) is 10.8. The number of halogens is 2. The SMILES string of the molecule is CCCN(CCC)C(=O)C1=CC(C)=CC(C(N)=O)([C@H](Cc2cc(F)cc(F)c2)[C@@H](O)CNCc2cccn2C)C1. The first-order valence-corrected chi connectivity index (χ1v) is 13.9. The van der Waals surface area contributed by atoms with E-state index in [1.54, 1.807) is 24.0 Å². The second kappa shape index (κ2) is 13.9. The molecule has 1 aliphatic carbocycles. The minimum Gasteiger partial charge on any atom is -0.391 e. The van der Waals surface area contributed by atoms with Gasteiger partial charge in [0.05, 0.1) is 11.5 Å². The zero-order valence-corrected chi connectivity index (χ0v) is 23.9. The number of benzene rings is 1. The van der Waals surface area contributed by atoms with Gasteiger partial charge in [0.2, 0.25) is 11.8 Å². The van der Waals surface area contributed by atoms with Crippen LogP contribution in [0, 0.1) is 23.0 Å². The number of nitrogens with zero attached hydrogens (tertiary/aromatic N) is 2. The molecule has 0 radical (unpaired) electrons. The van der Waals surface area contributed by atoms with Gasteiger partial charge in [-0.05, 0) is 62.4 Å². The topological polar surface area (TPSA) is 101 Å². The zero-order chi connectivity index (χ0) is 29.4. The molecule has 7 nitrogen and oxygen atoms in total. The Morgan fingerprint density at radius 1 is 1.18 bits per heavy atom. The molecule has 3 atom stereocenters. The third-order valence-corrected chi connectivity index (χ3v) is 7.59. The Bertz CT molecular complexity index is 1230. The van der Waals surface area contributed by atoms with Gasteiger partial charge < -0.3 is 25.6 Å². The monoisotopic (exact) mass is 556 g/mol. The van der Waals surface area contributed by atoms with Crippen molar-refractivity contribution in [1.82, 2.24) is 14.8 Å². The molecule has 4 N–H and O–H groups in total. The number of allylic oxidation sites excluding steroid dienone is 2. The first-order valence-electron chi connectivity index (χ1n) is 13.9. The largest absolute Gasteiger partial charge is 0.391 e. The van der Waals surface area contributed by atoms with Crippen molar-refractivity contribution in [2.45, 2.75) is 59.1 Å². The first kappa shape index (κ1) is 31.2. The molecule has 0 bridgehead atoms. The average Bonchev–Trinajstić information content (AvgIpc) is 3.29. The van der Waals surface area contributed by atoms with Crippen LogP contribution < -0.4 is 11.1 Å². The molecule has 1 heterocycles. The smallest absolute Gasteiger partial charge is 0.249 e. The fraction of sp³-hybridized carbons (Fsp3) is 0.484. The summed E-state index contributed by atoms with van der Waals surface area (Å²) in [5.41, 5.74) is 7.01. The molecule has 9 heteroatoms. The lowest BCUT2D eigenvalue weighted by molar-refractivity contribution is -0.132. The zero-order valence-electron chi connectivity index (χ0n) is 23.9. The van der Waals surface area contributed by atoms with E-state index in [-0.39, 0.29) is 30.9 Å². The molecule has 1 aliphatic rings. The van der Waals surface area contributed by atoms with Crippen LogP contribution in [0.2, 0.25) is 0 Å². The maximum Gasteiger partial charge on any atom is 0.249 e. The molecule has 3 rings (SSSR count). The Morgan fingerprint density at radius 2 is 1.82 bits per heavy atom. The van der Waals surface area contributed by atoms with Crippen LogP contribution >= 0.6 is 0 Å². The Balaban J connectivity index is 1.99. The van der Waals surface area contributed by atoms with Gasteiger partial charge in [0.25, 0.3) is 0 Å². The highest BCUT2D eigenvalue weighted by molar-refractivity contribution is 5.96. The van der Waals surface area contributed by atoms with Crippen molar-refractivity contribution < 1.29 is 23.5 Å². The number of carbonyl (C=O) groups excluding carboxylic acids is 2. The Labute approximate surface area is 235 Å². The molecule has 0 spiro atoms.